The van der Waals surface area contributed by atoms with Crippen molar-refractivity contribution in [2.24, 2.45) is 5.92 Å². The molecule has 1 saturated heterocycles. The van der Waals surface area contributed by atoms with Crippen molar-refractivity contribution in [2.75, 3.05) is 24.1 Å². The van der Waals surface area contributed by atoms with Gasteiger partial charge < -0.3 is 16.0 Å². The second-order valence-electron chi connectivity index (χ2n) is 6.47. The molecule has 7 heteroatoms. The number of aryl methyl sites for hydroxylation is 1. The summed E-state index contributed by atoms with van der Waals surface area (Å²) >= 11 is 0. The van der Waals surface area contributed by atoms with E-state index < -0.39 is 0 Å². The van der Waals surface area contributed by atoms with Crippen molar-refractivity contribution in [3.8, 4) is 0 Å². The highest BCUT2D eigenvalue weighted by Crippen LogP contribution is 2.32. The molecule has 0 bridgehead atoms. The van der Waals surface area contributed by atoms with Crippen LogP contribution in [-0.4, -0.2) is 44.9 Å². The van der Waals surface area contributed by atoms with Crippen molar-refractivity contribution in [3.63, 3.8) is 0 Å². The number of amides is 1. The molecule has 1 atom stereocenters. The van der Waals surface area contributed by atoms with E-state index in [9.17, 15) is 4.79 Å². The molecule has 2 aliphatic rings. The van der Waals surface area contributed by atoms with Gasteiger partial charge in [-0.05, 0) is 31.7 Å². The normalized spacial score (nSPS) is 20.9. The molecule has 1 saturated carbocycles. The Hall–Kier alpha value is -2.44. The molecule has 4 rings (SSSR count). The first kappa shape index (κ1) is 14.2. The summed E-state index contributed by atoms with van der Waals surface area (Å²) in [5.41, 5.74) is 7.66. The minimum absolute atomic E-state index is 0.203. The van der Waals surface area contributed by atoms with Crippen LogP contribution in [-0.2, 0) is 4.79 Å². The summed E-state index contributed by atoms with van der Waals surface area (Å²) in [5.74, 6) is 1.61. The second kappa shape index (κ2) is 5.33. The Labute approximate surface area is 134 Å². The minimum atomic E-state index is 0.203. The summed E-state index contributed by atoms with van der Waals surface area (Å²) in [6, 6.07) is 0.203. The summed E-state index contributed by atoms with van der Waals surface area (Å²) in [6.07, 6.45) is 6.46. The van der Waals surface area contributed by atoms with Gasteiger partial charge in [0.1, 0.15) is 5.82 Å². The van der Waals surface area contributed by atoms with E-state index in [4.69, 9.17) is 5.73 Å². The zero-order valence-corrected chi connectivity index (χ0v) is 13.1. The quantitative estimate of drug-likeness (QED) is 0.887. The molecule has 0 spiro atoms. The largest absolute Gasteiger partial charge is 0.383 e. The summed E-state index contributed by atoms with van der Waals surface area (Å²) in [4.78, 5) is 27.1. The van der Waals surface area contributed by atoms with Gasteiger partial charge in [-0.2, -0.15) is 0 Å². The SMILES string of the molecule is Cc1cnc(N)c2cnc(N[C@H]3CCN(C(=O)C4CC4)C3)nc12. The van der Waals surface area contributed by atoms with Crippen molar-refractivity contribution in [1.29, 1.82) is 0 Å². The highest BCUT2D eigenvalue weighted by Gasteiger charge is 2.36. The molecule has 23 heavy (non-hydrogen) atoms. The molecule has 3 heterocycles. The van der Waals surface area contributed by atoms with E-state index in [-0.39, 0.29) is 12.0 Å². The maximum absolute atomic E-state index is 12.1. The van der Waals surface area contributed by atoms with Gasteiger partial charge in [0, 0.05) is 37.4 Å². The molecule has 0 unspecified atom stereocenters. The van der Waals surface area contributed by atoms with Gasteiger partial charge in [-0.1, -0.05) is 0 Å². The minimum Gasteiger partial charge on any atom is -0.383 e. The molecule has 2 aromatic rings. The molecule has 2 aromatic heterocycles. The van der Waals surface area contributed by atoms with Gasteiger partial charge in [0.05, 0.1) is 10.9 Å². The third-order valence-electron chi connectivity index (χ3n) is 4.60. The number of carbonyl (C=O) groups is 1. The number of anilines is 2. The van der Waals surface area contributed by atoms with Crippen molar-refractivity contribution < 1.29 is 4.79 Å². The van der Waals surface area contributed by atoms with E-state index in [1.807, 2.05) is 11.8 Å². The summed E-state index contributed by atoms with van der Waals surface area (Å²) in [5, 5.41) is 4.12. The lowest BCUT2D eigenvalue weighted by Gasteiger charge is -2.17. The highest BCUT2D eigenvalue weighted by atomic mass is 16.2. The van der Waals surface area contributed by atoms with E-state index in [1.165, 1.54) is 0 Å². The molecular formula is C16H20N6O. The number of hydrogen-bond donors (Lipinski definition) is 2. The first-order chi connectivity index (χ1) is 11.1. The van der Waals surface area contributed by atoms with Crippen LogP contribution in [0.2, 0.25) is 0 Å². The van der Waals surface area contributed by atoms with Gasteiger partial charge in [0.25, 0.3) is 0 Å². The first-order valence-corrected chi connectivity index (χ1v) is 8.05. The Kier molecular flexibility index (Phi) is 3.28. The number of nitrogens with two attached hydrogens (primary N) is 1. The fourth-order valence-corrected chi connectivity index (χ4v) is 3.09. The number of nitrogen functional groups attached to an aromatic ring is 1. The lowest BCUT2D eigenvalue weighted by Crippen LogP contribution is -2.32. The van der Waals surface area contributed by atoms with Crippen molar-refractivity contribution in [3.05, 3.63) is 18.0 Å². The third kappa shape index (κ3) is 2.67. The fraction of sp³-hybridized carbons (Fsp3) is 0.500. The number of aromatic nitrogens is 3. The number of carbonyl (C=O) groups excluding carboxylic acids is 1. The molecule has 0 aromatic carbocycles. The number of fused-ring (bicyclic) bond motifs is 1. The van der Waals surface area contributed by atoms with Gasteiger partial charge in [-0.15, -0.1) is 0 Å². The summed E-state index contributed by atoms with van der Waals surface area (Å²) < 4.78 is 0. The monoisotopic (exact) mass is 312 g/mol. The van der Waals surface area contributed by atoms with E-state index in [1.54, 1.807) is 12.4 Å². The molecule has 1 amide bonds. The van der Waals surface area contributed by atoms with Crippen LogP contribution < -0.4 is 11.1 Å². The molecule has 7 nitrogen and oxygen atoms in total. The van der Waals surface area contributed by atoms with Crippen LogP contribution in [0.15, 0.2) is 12.4 Å². The second-order valence-corrected chi connectivity index (χ2v) is 6.47. The summed E-state index contributed by atoms with van der Waals surface area (Å²) in [7, 11) is 0. The van der Waals surface area contributed by atoms with Crippen LogP contribution in [0.1, 0.15) is 24.8 Å². The third-order valence-corrected chi connectivity index (χ3v) is 4.60. The van der Waals surface area contributed by atoms with E-state index >= 15 is 0 Å². The molecule has 0 radical (unpaired) electrons. The predicted molar refractivity (Wildman–Crippen MR) is 87.8 cm³/mol. The molecule has 3 N–H and O–H groups in total. The van der Waals surface area contributed by atoms with Crippen molar-refractivity contribution in [1.82, 2.24) is 19.9 Å². The van der Waals surface area contributed by atoms with E-state index in [0.717, 1.165) is 48.8 Å². The van der Waals surface area contributed by atoms with Gasteiger partial charge in [0.2, 0.25) is 11.9 Å². The zero-order chi connectivity index (χ0) is 16.0. The number of nitrogens with one attached hydrogen (secondary N) is 1. The molecular weight excluding hydrogens is 292 g/mol. The Balaban J connectivity index is 1.50. The first-order valence-electron chi connectivity index (χ1n) is 8.05. The average Bonchev–Trinajstić information content (AvgIpc) is 3.30. The van der Waals surface area contributed by atoms with Gasteiger partial charge in [0.15, 0.2) is 0 Å². The predicted octanol–water partition coefficient (Wildman–Crippen LogP) is 1.34. The standard InChI is InChI=1S/C16H20N6O/c1-9-6-18-14(17)12-7-19-16(21-13(9)12)20-11-4-5-22(8-11)15(23)10-2-3-10/h6-7,10-11H,2-5,8H2,1H3,(H2,17,18)(H,19,20,21)/t11-/m0/s1. The van der Waals surface area contributed by atoms with Gasteiger partial charge in [-0.25, -0.2) is 15.0 Å². The Morgan fingerprint density at radius 1 is 1.30 bits per heavy atom. The van der Waals surface area contributed by atoms with Crippen LogP contribution in [0.25, 0.3) is 10.9 Å². The average molecular weight is 312 g/mol. The smallest absolute Gasteiger partial charge is 0.225 e. The molecule has 120 valence electrons. The van der Waals surface area contributed by atoms with E-state index in [0.29, 0.717) is 17.7 Å². The number of likely N-dealkylation sites (tertiary alicyclic amines) is 1. The van der Waals surface area contributed by atoms with Crippen LogP contribution >= 0.6 is 0 Å². The molecule has 1 aliphatic carbocycles. The Morgan fingerprint density at radius 2 is 2.13 bits per heavy atom. The van der Waals surface area contributed by atoms with Crippen LogP contribution in [0, 0.1) is 12.8 Å². The van der Waals surface area contributed by atoms with Crippen LogP contribution in [0.5, 0.6) is 0 Å². The Bertz CT molecular complexity index is 772. The number of rotatable bonds is 3. The Morgan fingerprint density at radius 3 is 2.91 bits per heavy atom. The van der Waals surface area contributed by atoms with Gasteiger partial charge >= 0.3 is 0 Å². The number of pyridine rings is 1. The van der Waals surface area contributed by atoms with Crippen molar-refractivity contribution >= 4 is 28.6 Å². The van der Waals surface area contributed by atoms with E-state index in [2.05, 4.69) is 20.3 Å². The fourth-order valence-electron chi connectivity index (χ4n) is 3.09. The molecule has 2 fully saturated rings. The lowest BCUT2D eigenvalue weighted by atomic mass is 10.2. The summed E-state index contributed by atoms with van der Waals surface area (Å²) in [6.45, 7) is 3.50. The highest BCUT2D eigenvalue weighted by molar-refractivity contribution is 5.89. The molecule has 1 aliphatic heterocycles. The lowest BCUT2D eigenvalue weighted by molar-refractivity contribution is -0.131. The number of hydrogen-bond acceptors (Lipinski definition) is 6. The van der Waals surface area contributed by atoms with Crippen LogP contribution in [0.3, 0.4) is 0 Å². The topological polar surface area (TPSA) is 97.0 Å². The maximum atomic E-state index is 12.1. The maximum Gasteiger partial charge on any atom is 0.225 e. The van der Waals surface area contributed by atoms with Crippen LogP contribution in [0.4, 0.5) is 11.8 Å². The zero-order valence-electron chi connectivity index (χ0n) is 13.1. The number of nitrogens with zero attached hydrogens (tertiary/aromatic N) is 4. The van der Waals surface area contributed by atoms with Crippen molar-refractivity contribution in [2.45, 2.75) is 32.2 Å². The van der Waals surface area contributed by atoms with Gasteiger partial charge in [-0.3, -0.25) is 4.79 Å².